The Bertz CT molecular complexity index is 676. The minimum atomic E-state index is 0.209. The molecule has 0 bridgehead atoms. The van der Waals surface area contributed by atoms with Gasteiger partial charge in [-0.1, -0.05) is 0 Å². The molecule has 0 unspecified atom stereocenters. The van der Waals surface area contributed by atoms with Crippen LogP contribution >= 0.6 is 0 Å². The summed E-state index contributed by atoms with van der Waals surface area (Å²) in [7, 11) is 3.22. The van der Waals surface area contributed by atoms with E-state index in [0.717, 1.165) is 11.1 Å². The quantitative estimate of drug-likeness (QED) is 0.869. The van der Waals surface area contributed by atoms with Gasteiger partial charge in [-0.3, -0.25) is 0 Å². The molecule has 0 saturated carbocycles. The average molecular weight is 302 g/mol. The molecule has 6 heteroatoms. The summed E-state index contributed by atoms with van der Waals surface area (Å²) in [6, 6.07) is 7.37. The predicted molar refractivity (Wildman–Crippen MR) is 77.2 cm³/mol. The van der Waals surface area contributed by atoms with Crippen molar-refractivity contribution in [3.63, 3.8) is 0 Å². The Kier molecular flexibility index (Phi) is 2.89. The molecule has 0 radical (unpaired) electrons. The van der Waals surface area contributed by atoms with E-state index in [0.29, 0.717) is 34.5 Å². The third-order valence-corrected chi connectivity index (χ3v) is 3.68. The minimum Gasteiger partial charge on any atom is -0.496 e. The number of hydrogen-bond donors (Lipinski definition) is 0. The van der Waals surface area contributed by atoms with Crippen LogP contribution in [0.2, 0.25) is 0 Å². The van der Waals surface area contributed by atoms with Crippen LogP contribution in [0.15, 0.2) is 24.3 Å². The average Bonchev–Trinajstić information content (AvgIpc) is 3.19. The smallest absolute Gasteiger partial charge is 0.231 e. The van der Waals surface area contributed by atoms with Gasteiger partial charge in [0.25, 0.3) is 0 Å². The zero-order chi connectivity index (χ0) is 15.1. The van der Waals surface area contributed by atoms with E-state index in [1.165, 1.54) is 0 Å². The summed E-state index contributed by atoms with van der Waals surface area (Å²) < 4.78 is 32.6. The lowest BCUT2D eigenvalue weighted by Gasteiger charge is -2.14. The molecule has 0 spiro atoms. The van der Waals surface area contributed by atoms with Gasteiger partial charge in [-0.15, -0.1) is 0 Å². The van der Waals surface area contributed by atoms with E-state index in [2.05, 4.69) is 0 Å². The van der Waals surface area contributed by atoms with E-state index >= 15 is 0 Å². The zero-order valence-electron chi connectivity index (χ0n) is 12.2. The van der Waals surface area contributed by atoms with Gasteiger partial charge in [-0.05, 0) is 12.1 Å². The maximum atomic E-state index is 5.48. The van der Waals surface area contributed by atoms with Crippen LogP contribution in [-0.2, 0) is 0 Å². The second-order valence-corrected chi connectivity index (χ2v) is 4.81. The van der Waals surface area contributed by atoms with Gasteiger partial charge in [0.05, 0.1) is 14.2 Å². The maximum Gasteiger partial charge on any atom is 0.231 e. The molecule has 0 aliphatic carbocycles. The first-order valence-electron chi connectivity index (χ1n) is 6.76. The van der Waals surface area contributed by atoms with Crippen molar-refractivity contribution in [3.8, 4) is 45.6 Å². The number of methoxy groups -OCH3 is 2. The Morgan fingerprint density at radius 2 is 1.00 bits per heavy atom. The largest absolute Gasteiger partial charge is 0.496 e. The van der Waals surface area contributed by atoms with Crippen LogP contribution in [0.1, 0.15) is 0 Å². The van der Waals surface area contributed by atoms with Gasteiger partial charge in [0.1, 0.15) is 11.5 Å². The van der Waals surface area contributed by atoms with Crippen molar-refractivity contribution in [2.24, 2.45) is 0 Å². The zero-order valence-corrected chi connectivity index (χ0v) is 12.2. The molecule has 0 amide bonds. The summed E-state index contributed by atoms with van der Waals surface area (Å²) in [5.74, 6) is 4.02. The van der Waals surface area contributed by atoms with Gasteiger partial charge in [-0.2, -0.15) is 0 Å². The lowest BCUT2D eigenvalue weighted by atomic mass is 10.0. The molecular weight excluding hydrogens is 288 g/mol. The highest BCUT2D eigenvalue weighted by molar-refractivity contribution is 5.81. The standard InChI is InChI=1S/C16H14O6/c1-17-11-5-15-13(19-7-21-15)3-9(11)10-4-14-16(22-8-20-14)6-12(10)18-2/h3-6H,7-8H2,1-2H3. The molecule has 4 rings (SSSR count). The minimum absolute atomic E-state index is 0.209. The van der Waals surface area contributed by atoms with Gasteiger partial charge < -0.3 is 28.4 Å². The van der Waals surface area contributed by atoms with Crippen LogP contribution in [0, 0.1) is 0 Å². The first kappa shape index (κ1) is 12.9. The molecule has 0 N–H and O–H groups in total. The first-order valence-corrected chi connectivity index (χ1v) is 6.76. The molecule has 6 nitrogen and oxygen atoms in total. The van der Waals surface area contributed by atoms with Crippen LogP contribution in [0.5, 0.6) is 34.5 Å². The molecule has 0 saturated heterocycles. The lowest BCUT2D eigenvalue weighted by Crippen LogP contribution is -1.93. The fourth-order valence-corrected chi connectivity index (χ4v) is 2.61. The summed E-state index contributed by atoms with van der Waals surface area (Å²) in [4.78, 5) is 0. The number of benzene rings is 2. The van der Waals surface area contributed by atoms with Crippen LogP contribution in [0.3, 0.4) is 0 Å². The molecular formula is C16H14O6. The molecule has 2 aliphatic heterocycles. The molecule has 0 atom stereocenters. The number of ether oxygens (including phenoxy) is 6. The highest BCUT2D eigenvalue weighted by atomic mass is 16.7. The Hall–Kier alpha value is -2.76. The topological polar surface area (TPSA) is 55.4 Å². The SMILES string of the molecule is COc1cc2c(cc1-c1cc3c(cc1OC)OCO3)OCO2. The molecule has 2 heterocycles. The van der Waals surface area contributed by atoms with Gasteiger partial charge in [0.15, 0.2) is 23.0 Å². The Morgan fingerprint density at radius 1 is 0.636 bits per heavy atom. The summed E-state index contributed by atoms with van der Waals surface area (Å²) in [6.45, 7) is 0.417. The maximum absolute atomic E-state index is 5.48. The van der Waals surface area contributed by atoms with Crippen LogP contribution < -0.4 is 28.4 Å². The molecule has 0 fully saturated rings. The number of rotatable bonds is 3. The molecule has 22 heavy (non-hydrogen) atoms. The van der Waals surface area contributed by atoms with Gasteiger partial charge in [0, 0.05) is 23.3 Å². The normalized spacial score (nSPS) is 14.1. The van der Waals surface area contributed by atoms with E-state index in [1.54, 1.807) is 14.2 Å². The van der Waals surface area contributed by atoms with E-state index in [-0.39, 0.29) is 13.6 Å². The second-order valence-electron chi connectivity index (χ2n) is 4.81. The van der Waals surface area contributed by atoms with Crippen molar-refractivity contribution in [2.45, 2.75) is 0 Å². The second kappa shape index (κ2) is 4.91. The first-order chi connectivity index (χ1) is 10.8. The van der Waals surface area contributed by atoms with Gasteiger partial charge in [0.2, 0.25) is 13.6 Å². The fourth-order valence-electron chi connectivity index (χ4n) is 2.61. The fraction of sp³-hybridized carbons (Fsp3) is 0.250. The Morgan fingerprint density at radius 3 is 1.36 bits per heavy atom. The summed E-state index contributed by atoms with van der Waals surface area (Å²) in [5.41, 5.74) is 1.67. The highest BCUT2D eigenvalue weighted by Crippen LogP contribution is 2.48. The monoisotopic (exact) mass is 302 g/mol. The van der Waals surface area contributed by atoms with Gasteiger partial charge >= 0.3 is 0 Å². The molecule has 2 aromatic rings. The van der Waals surface area contributed by atoms with Crippen molar-refractivity contribution >= 4 is 0 Å². The number of fused-ring (bicyclic) bond motifs is 2. The van der Waals surface area contributed by atoms with Crippen molar-refractivity contribution in [1.29, 1.82) is 0 Å². The van der Waals surface area contributed by atoms with Crippen LogP contribution in [0.25, 0.3) is 11.1 Å². The Balaban J connectivity index is 1.91. The van der Waals surface area contributed by atoms with Crippen LogP contribution in [-0.4, -0.2) is 27.8 Å². The number of hydrogen-bond acceptors (Lipinski definition) is 6. The summed E-state index contributed by atoms with van der Waals surface area (Å²) >= 11 is 0. The van der Waals surface area contributed by atoms with E-state index in [4.69, 9.17) is 28.4 Å². The van der Waals surface area contributed by atoms with E-state index < -0.39 is 0 Å². The Labute approximate surface area is 127 Å². The summed E-state index contributed by atoms with van der Waals surface area (Å²) in [6.07, 6.45) is 0. The van der Waals surface area contributed by atoms with E-state index in [9.17, 15) is 0 Å². The predicted octanol–water partition coefficient (Wildman–Crippen LogP) is 2.83. The van der Waals surface area contributed by atoms with Crippen molar-refractivity contribution in [2.75, 3.05) is 27.8 Å². The van der Waals surface area contributed by atoms with Crippen molar-refractivity contribution in [1.82, 2.24) is 0 Å². The third-order valence-electron chi connectivity index (χ3n) is 3.68. The summed E-state index contributed by atoms with van der Waals surface area (Å²) in [5, 5.41) is 0. The van der Waals surface area contributed by atoms with Gasteiger partial charge in [-0.25, -0.2) is 0 Å². The lowest BCUT2D eigenvalue weighted by molar-refractivity contribution is 0.173. The molecule has 2 aromatic carbocycles. The van der Waals surface area contributed by atoms with Crippen molar-refractivity contribution in [3.05, 3.63) is 24.3 Å². The van der Waals surface area contributed by atoms with Crippen molar-refractivity contribution < 1.29 is 28.4 Å². The third kappa shape index (κ3) is 1.88. The van der Waals surface area contributed by atoms with E-state index in [1.807, 2.05) is 24.3 Å². The molecule has 114 valence electrons. The molecule has 0 aromatic heterocycles. The molecule has 2 aliphatic rings. The van der Waals surface area contributed by atoms with Crippen LogP contribution in [0.4, 0.5) is 0 Å². The highest BCUT2D eigenvalue weighted by Gasteiger charge is 2.24.